The van der Waals surface area contributed by atoms with Gasteiger partial charge in [-0.25, -0.2) is 10.3 Å². The van der Waals surface area contributed by atoms with Crippen LogP contribution in [0.2, 0.25) is 0 Å². The lowest BCUT2D eigenvalue weighted by molar-refractivity contribution is 0.0273. The molecule has 1 heterocycles. The number of hydroxylamine groups is 1. The Labute approximate surface area is 161 Å². The highest BCUT2D eigenvalue weighted by Crippen LogP contribution is 2.28. The van der Waals surface area contributed by atoms with Gasteiger partial charge in [0, 0.05) is 6.08 Å². The lowest BCUT2D eigenvalue weighted by Crippen LogP contribution is -2.12. The molecule has 140 valence electrons. The first-order valence-electron chi connectivity index (χ1n) is 8.65. The van der Waals surface area contributed by atoms with Gasteiger partial charge >= 0.3 is 5.97 Å². The van der Waals surface area contributed by atoms with Gasteiger partial charge in [-0.3, -0.25) is 4.84 Å². The average molecular weight is 375 g/mol. The van der Waals surface area contributed by atoms with Crippen LogP contribution < -0.4 is 15.0 Å². The fourth-order valence-corrected chi connectivity index (χ4v) is 2.72. The Morgan fingerprint density at radius 3 is 2.32 bits per heavy atom. The summed E-state index contributed by atoms with van der Waals surface area (Å²) < 4.78 is 11.4. The average Bonchev–Trinajstić information content (AvgIpc) is 3.18. The van der Waals surface area contributed by atoms with E-state index in [1.807, 2.05) is 54.6 Å². The fourth-order valence-electron chi connectivity index (χ4n) is 2.72. The molecule has 6 nitrogen and oxygen atoms in total. The molecule has 1 aliphatic rings. The van der Waals surface area contributed by atoms with Crippen LogP contribution in [-0.2, 0) is 4.84 Å². The van der Waals surface area contributed by atoms with Crippen molar-refractivity contribution in [1.82, 2.24) is 5.48 Å². The molecule has 6 heteroatoms. The predicted molar refractivity (Wildman–Crippen MR) is 102 cm³/mol. The van der Waals surface area contributed by atoms with Crippen LogP contribution >= 0.6 is 0 Å². The van der Waals surface area contributed by atoms with E-state index >= 15 is 0 Å². The van der Waals surface area contributed by atoms with Crippen LogP contribution in [0.15, 0.2) is 90.8 Å². The molecular weight excluding hydrogens is 358 g/mol. The number of aromatic carboxylic acids is 1. The highest BCUT2D eigenvalue weighted by molar-refractivity contribution is 5.88. The number of carboxylic acids is 1. The number of hydrogen-bond acceptors (Lipinski definition) is 5. The van der Waals surface area contributed by atoms with Crippen molar-refractivity contribution in [3.63, 3.8) is 0 Å². The third-order valence-corrected chi connectivity index (χ3v) is 4.09. The highest BCUT2D eigenvalue weighted by atomic mass is 16.7. The molecule has 1 aliphatic heterocycles. The minimum absolute atomic E-state index is 0.155. The van der Waals surface area contributed by atoms with Crippen molar-refractivity contribution in [1.29, 1.82) is 0 Å². The van der Waals surface area contributed by atoms with E-state index in [1.54, 1.807) is 18.2 Å². The molecule has 1 atom stereocenters. The minimum atomic E-state index is -1.01. The third kappa shape index (κ3) is 4.13. The number of benzene rings is 3. The molecular formula is C22H17NO5. The van der Waals surface area contributed by atoms with Crippen molar-refractivity contribution in [3.8, 4) is 17.2 Å². The van der Waals surface area contributed by atoms with E-state index in [1.165, 1.54) is 12.1 Å². The van der Waals surface area contributed by atoms with Crippen molar-refractivity contribution in [2.24, 2.45) is 0 Å². The van der Waals surface area contributed by atoms with Crippen molar-refractivity contribution in [2.45, 2.75) is 6.10 Å². The summed E-state index contributed by atoms with van der Waals surface area (Å²) >= 11 is 0. The van der Waals surface area contributed by atoms with Gasteiger partial charge in [0.15, 0.2) is 0 Å². The molecule has 4 rings (SSSR count). The van der Waals surface area contributed by atoms with Gasteiger partial charge in [0.1, 0.15) is 23.4 Å². The molecule has 0 fully saturated rings. The molecule has 0 saturated heterocycles. The molecule has 3 aromatic rings. The number of carbonyl (C=O) groups is 1. The van der Waals surface area contributed by atoms with Gasteiger partial charge in [-0.15, -0.1) is 0 Å². The van der Waals surface area contributed by atoms with E-state index in [9.17, 15) is 4.79 Å². The molecule has 0 aromatic heterocycles. The Bertz CT molecular complexity index is 999. The van der Waals surface area contributed by atoms with E-state index in [-0.39, 0.29) is 11.7 Å². The number of nitrogens with one attached hydrogen (secondary N) is 1. The van der Waals surface area contributed by atoms with E-state index in [0.29, 0.717) is 11.6 Å². The van der Waals surface area contributed by atoms with Gasteiger partial charge in [0.25, 0.3) is 0 Å². The molecule has 3 aromatic carbocycles. The Kier molecular flexibility index (Phi) is 4.95. The van der Waals surface area contributed by atoms with E-state index < -0.39 is 5.97 Å². The number of carboxylic acid groups (broad SMARTS) is 1. The zero-order valence-electron chi connectivity index (χ0n) is 14.7. The maximum atomic E-state index is 11.0. The van der Waals surface area contributed by atoms with Crippen molar-refractivity contribution in [3.05, 3.63) is 102 Å². The molecule has 0 radical (unpaired) electrons. The minimum Gasteiger partial charge on any atom is -0.478 e. The number of hydrogen-bond donors (Lipinski definition) is 2. The molecule has 0 amide bonds. The summed E-state index contributed by atoms with van der Waals surface area (Å²) in [5, 5.41) is 9.06. The van der Waals surface area contributed by atoms with Crippen LogP contribution in [0.25, 0.3) is 0 Å². The second kappa shape index (κ2) is 7.85. The van der Waals surface area contributed by atoms with E-state index in [4.69, 9.17) is 19.4 Å². The van der Waals surface area contributed by atoms with E-state index in [2.05, 4.69) is 5.48 Å². The summed E-state index contributed by atoms with van der Waals surface area (Å²) in [6, 6.07) is 23.4. The maximum Gasteiger partial charge on any atom is 0.335 e. The lowest BCUT2D eigenvalue weighted by Gasteiger charge is -2.09. The number of rotatable bonds is 6. The van der Waals surface area contributed by atoms with Crippen LogP contribution in [0.5, 0.6) is 17.2 Å². The van der Waals surface area contributed by atoms with Crippen molar-refractivity contribution < 1.29 is 24.2 Å². The molecule has 0 spiro atoms. The monoisotopic (exact) mass is 375 g/mol. The first-order valence-corrected chi connectivity index (χ1v) is 8.65. The van der Waals surface area contributed by atoms with Crippen LogP contribution in [0.1, 0.15) is 22.0 Å². The van der Waals surface area contributed by atoms with Crippen LogP contribution in [-0.4, -0.2) is 11.1 Å². The van der Waals surface area contributed by atoms with Crippen molar-refractivity contribution in [2.75, 3.05) is 0 Å². The van der Waals surface area contributed by atoms with Gasteiger partial charge in [-0.2, -0.15) is 0 Å². The largest absolute Gasteiger partial charge is 0.478 e. The smallest absolute Gasteiger partial charge is 0.335 e. The summed E-state index contributed by atoms with van der Waals surface area (Å²) in [5.41, 5.74) is 3.79. The quantitative estimate of drug-likeness (QED) is 0.652. The van der Waals surface area contributed by atoms with E-state index in [0.717, 1.165) is 17.1 Å². The molecule has 0 aliphatic carbocycles. The first kappa shape index (κ1) is 17.6. The number of para-hydroxylation sites is 1. The number of ether oxygens (including phenoxy) is 2. The second-order valence-electron chi connectivity index (χ2n) is 6.09. The predicted octanol–water partition coefficient (Wildman–Crippen LogP) is 4.67. The summed E-state index contributed by atoms with van der Waals surface area (Å²) in [6.45, 7) is 0. The van der Waals surface area contributed by atoms with Gasteiger partial charge in [-0.1, -0.05) is 36.4 Å². The molecule has 0 unspecified atom stereocenters. The highest BCUT2D eigenvalue weighted by Gasteiger charge is 2.20. The lowest BCUT2D eigenvalue weighted by atomic mass is 10.1. The summed E-state index contributed by atoms with van der Waals surface area (Å²) in [7, 11) is 0. The Morgan fingerprint density at radius 1 is 0.857 bits per heavy atom. The summed E-state index contributed by atoms with van der Waals surface area (Å²) in [4.78, 5) is 16.6. The third-order valence-electron chi connectivity index (χ3n) is 4.09. The van der Waals surface area contributed by atoms with Crippen molar-refractivity contribution >= 4 is 5.97 Å². The molecule has 2 N–H and O–H groups in total. The topological polar surface area (TPSA) is 77.0 Å². The van der Waals surface area contributed by atoms with Crippen LogP contribution in [0.4, 0.5) is 0 Å². The Hall–Kier alpha value is -3.77. The van der Waals surface area contributed by atoms with Gasteiger partial charge in [0.05, 0.1) is 5.56 Å². The fraction of sp³-hybridized carbons (Fsp3) is 0.0455. The standard InChI is InChI=1S/C22H17NO5/c24-22(25)16-5-4-8-19(13-16)27-21-14-20(28-23-21)15-9-11-18(12-10-15)26-17-6-2-1-3-7-17/h1-14,20,23H,(H,24,25)/t20-/m1/s1. The molecule has 28 heavy (non-hydrogen) atoms. The molecule has 0 bridgehead atoms. The van der Waals surface area contributed by atoms with Crippen LogP contribution in [0, 0.1) is 0 Å². The Morgan fingerprint density at radius 2 is 1.57 bits per heavy atom. The van der Waals surface area contributed by atoms with Crippen LogP contribution in [0.3, 0.4) is 0 Å². The van der Waals surface area contributed by atoms with Gasteiger partial charge in [-0.05, 0) is 48.0 Å². The summed E-state index contributed by atoms with van der Waals surface area (Å²) in [6.07, 6.45) is 1.45. The summed E-state index contributed by atoms with van der Waals surface area (Å²) in [5.74, 6) is 1.30. The zero-order chi connectivity index (χ0) is 19.3. The Balaban J connectivity index is 1.42. The normalized spacial score (nSPS) is 15.4. The van der Waals surface area contributed by atoms with Gasteiger partial charge in [0.2, 0.25) is 5.88 Å². The van der Waals surface area contributed by atoms with Gasteiger partial charge < -0.3 is 14.6 Å². The first-order chi connectivity index (χ1) is 13.7. The second-order valence-corrected chi connectivity index (χ2v) is 6.09. The maximum absolute atomic E-state index is 11.0. The SMILES string of the molecule is O=C(O)c1cccc(OC2=C[C@H](c3ccc(Oc4ccccc4)cc3)ON2)c1. The molecule has 0 saturated carbocycles. The zero-order valence-corrected chi connectivity index (χ0v) is 14.7.